The Hall–Kier alpha value is -0.380. The first kappa shape index (κ1) is 14.0. The second-order valence-electron chi connectivity index (χ2n) is 5.00. The number of likely N-dealkylation sites (N-methyl/N-ethyl adjacent to an activating group) is 1. The topological polar surface area (TPSA) is 21.3 Å². The predicted octanol–water partition coefficient (Wildman–Crippen LogP) is 3.39. The number of nitrogens with one attached hydrogen (secondary N) is 1. The van der Waals surface area contributed by atoms with E-state index in [1.807, 2.05) is 0 Å². The van der Waals surface area contributed by atoms with Crippen LogP contribution in [-0.4, -0.2) is 25.8 Å². The minimum absolute atomic E-state index is 0.426. The van der Waals surface area contributed by atoms with E-state index in [9.17, 15) is 0 Å². The first-order valence-corrected chi connectivity index (χ1v) is 7.57. The van der Waals surface area contributed by atoms with Crippen LogP contribution in [0.2, 0.25) is 0 Å². The highest BCUT2D eigenvalue weighted by Crippen LogP contribution is 2.28. The molecule has 1 saturated heterocycles. The van der Waals surface area contributed by atoms with E-state index < -0.39 is 0 Å². The third kappa shape index (κ3) is 3.34. The van der Waals surface area contributed by atoms with Crippen molar-refractivity contribution in [3.8, 4) is 0 Å². The maximum atomic E-state index is 5.81. The Morgan fingerprint density at radius 1 is 1.50 bits per heavy atom. The SMILES string of the molecule is CCC1OCCC1C(Cc1cccc(Br)c1)NC. The average molecular weight is 312 g/mol. The summed E-state index contributed by atoms with van der Waals surface area (Å²) in [6, 6.07) is 9.10. The van der Waals surface area contributed by atoms with E-state index in [0.29, 0.717) is 18.1 Å². The van der Waals surface area contributed by atoms with Gasteiger partial charge in [0.1, 0.15) is 0 Å². The maximum absolute atomic E-state index is 5.81. The van der Waals surface area contributed by atoms with Crippen LogP contribution in [0.3, 0.4) is 0 Å². The van der Waals surface area contributed by atoms with Gasteiger partial charge in [-0.1, -0.05) is 35.0 Å². The van der Waals surface area contributed by atoms with Crippen molar-refractivity contribution in [1.82, 2.24) is 5.32 Å². The first-order chi connectivity index (χ1) is 8.74. The molecule has 100 valence electrons. The van der Waals surface area contributed by atoms with Gasteiger partial charge in [-0.05, 0) is 44.0 Å². The van der Waals surface area contributed by atoms with Crippen LogP contribution in [0.5, 0.6) is 0 Å². The minimum atomic E-state index is 0.426. The van der Waals surface area contributed by atoms with Gasteiger partial charge >= 0.3 is 0 Å². The molecule has 3 unspecified atom stereocenters. The highest BCUT2D eigenvalue weighted by molar-refractivity contribution is 9.10. The molecule has 3 atom stereocenters. The fourth-order valence-electron chi connectivity index (χ4n) is 2.93. The molecule has 0 aromatic heterocycles. The van der Waals surface area contributed by atoms with Gasteiger partial charge in [0.15, 0.2) is 0 Å². The molecule has 2 nitrogen and oxygen atoms in total. The summed E-state index contributed by atoms with van der Waals surface area (Å²) in [7, 11) is 2.06. The van der Waals surface area contributed by atoms with Gasteiger partial charge in [0, 0.05) is 23.0 Å². The summed E-state index contributed by atoms with van der Waals surface area (Å²) in [4.78, 5) is 0. The van der Waals surface area contributed by atoms with Gasteiger partial charge in [-0.15, -0.1) is 0 Å². The quantitative estimate of drug-likeness (QED) is 0.900. The smallest absolute Gasteiger partial charge is 0.0616 e. The van der Waals surface area contributed by atoms with Crippen LogP contribution in [0.25, 0.3) is 0 Å². The van der Waals surface area contributed by atoms with Gasteiger partial charge in [0.05, 0.1) is 6.10 Å². The Balaban J connectivity index is 2.05. The predicted molar refractivity (Wildman–Crippen MR) is 78.8 cm³/mol. The number of halogens is 1. The Labute approximate surface area is 118 Å². The molecular formula is C15H22BrNO. The summed E-state index contributed by atoms with van der Waals surface area (Å²) in [5.74, 6) is 0.638. The van der Waals surface area contributed by atoms with E-state index >= 15 is 0 Å². The number of benzene rings is 1. The molecule has 1 aliphatic rings. The van der Waals surface area contributed by atoms with Gasteiger partial charge in [-0.2, -0.15) is 0 Å². The van der Waals surface area contributed by atoms with Crippen LogP contribution in [0, 0.1) is 5.92 Å². The van der Waals surface area contributed by atoms with Crippen LogP contribution in [0.4, 0.5) is 0 Å². The number of rotatable bonds is 5. The Kier molecular flexibility index (Phi) is 5.22. The van der Waals surface area contributed by atoms with Crippen molar-refractivity contribution in [2.75, 3.05) is 13.7 Å². The van der Waals surface area contributed by atoms with Crippen molar-refractivity contribution in [2.24, 2.45) is 5.92 Å². The van der Waals surface area contributed by atoms with E-state index in [1.54, 1.807) is 0 Å². The zero-order chi connectivity index (χ0) is 13.0. The zero-order valence-corrected chi connectivity index (χ0v) is 12.7. The summed E-state index contributed by atoms with van der Waals surface area (Å²) in [6.07, 6.45) is 3.79. The molecule has 0 amide bonds. The molecule has 2 rings (SSSR count). The lowest BCUT2D eigenvalue weighted by atomic mass is 9.87. The second-order valence-corrected chi connectivity index (χ2v) is 5.91. The lowest BCUT2D eigenvalue weighted by Gasteiger charge is -2.27. The molecule has 1 aromatic rings. The molecule has 1 fully saturated rings. The van der Waals surface area contributed by atoms with E-state index in [-0.39, 0.29) is 0 Å². The van der Waals surface area contributed by atoms with Crippen molar-refractivity contribution in [3.05, 3.63) is 34.3 Å². The van der Waals surface area contributed by atoms with E-state index in [1.165, 1.54) is 12.0 Å². The van der Waals surface area contributed by atoms with Crippen molar-refractivity contribution in [3.63, 3.8) is 0 Å². The zero-order valence-electron chi connectivity index (χ0n) is 11.2. The molecule has 0 radical (unpaired) electrons. The fourth-order valence-corrected chi connectivity index (χ4v) is 3.38. The van der Waals surface area contributed by atoms with Crippen molar-refractivity contribution in [1.29, 1.82) is 0 Å². The molecule has 1 aliphatic heterocycles. The number of hydrogen-bond acceptors (Lipinski definition) is 2. The molecule has 0 spiro atoms. The molecule has 0 aliphatic carbocycles. The van der Waals surface area contributed by atoms with Gasteiger partial charge in [-0.25, -0.2) is 0 Å². The Morgan fingerprint density at radius 3 is 3.00 bits per heavy atom. The number of hydrogen-bond donors (Lipinski definition) is 1. The highest BCUT2D eigenvalue weighted by Gasteiger charge is 2.32. The van der Waals surface area contributed by atoms with Crippen LogP contribution in [0.15, 0.2) is 28.7 Å². The minimum Gasteiger partial charge on any atom is -0.378 e. The van der Waals surface area contributed by atoms with Gasteiger partial charge in [0.2, 0.25) is 0 Å². The van der Waals surface area contributed by atoms with Crippen molar-refractivity contribution < 1.29 is 4.74 Å². The first-order valence-electron chi connectivity index (χ1n) is 6.78. The monoisotopic (exact) mass is 311 g/mol. The second kappa shape index (κ2) is 6.69. The Bertz CT molecular complexity index is 383. The van der Waals surface area contributed by atoms with E-state index in [2.05, 4.69) is 59.5 Å². The van der Waals surface area contributed by atoms with Crippen molar-refractivity contribution in [2.45, 2.75) is 38.3 Å². The van der Waals surface area contributed by atoms with Gasteiger partial charge in [-0.3, -0.25) is 0 Å². The fraction of sp³-hybridized carbons (Fsp3) is 0.600. The third-order valence-corrected chi connectivity index (χ3v) is 4.39. The van der Waals surface area contributed by atoms with Crippen LogP contribution in [0.1, 0.15) is 25.3 Å². The summed E-state index contributed by atoms with van der Waals surface area (Å²) in [6.45, 7) is 3.13. The number of ether oxygens (including phenoxy) is 1. The molecule has 0 saturated carbocycles. The molecule has 3 heteroatoms. The van der Waals surface area contributed by atoms with Gasteiger partial charge < -0.3 is 10.1 Å². The normalized spacial score (nSPS) is 25.3. The van der Waals surface area contributed by atoms with E-state index in [0.717, 1.165) is 23.9 Å². The lowest BCUT2D eigenvalue weighted by Crippen LogP contribution is -2.39. The lowest BCUT2D eigenvalue weighted by molar-refractivity contribution is 0.0783. The van der Waals surface area contributed by atoms with Gasteiger partial charge in [0.25, 0.3) is 0 Å². The standard InChI is InChI=1S/C15H22BrNO/c1-3-15-13(7-8-18-15)14(17-2)10-11-5-4-6-12(16)9-11/h4-6,9,13-15,17H,3,7-8,10H2,1-2H3. The third-order valence-electron chi connectivity index (χ3n) is 3.90. The van der Waals surface area contributed by atoms with Crippen molar-refractivity contribution >= 4 is 15.9 Å². The molecule has 1 aromatic carbocycles. The summed E-state index contributed by atoms with van der Waals surface area (Å²) >= 11 is 3.54. The molecule has 0 bridgehead atoms. The molecular weight excluding hydrogens is 290 g/mol. The largest absolute Gasteiger partial charge is 0.378 e. The summed E-state index contributed by atoms with van der Waals surface area (Å²) < 4.78 is 6.97. The Morgan fingerprint density at radius 2 is 2.33 bits per heavy atom. The average Bonchev–Trinajstić information content (AvgIpc) is 2.84. The molecule has 1 heterocycles. The van der Waals surface area contributed by atoms with Crippen LogP contribution < -0.4 is 5.32 Å². The molecule has 1 N–H and O–H groups in total. The summed E-state index contributed by atoms with van der Waals surface area (Å²) in [5.41, 5.74) is 1.38. The van der Waals surface area contributed by atoms with Crippen LogP contribution >= 0.6 is 15.9 Å². The molecule has 18 heavy (non-hydrogen) atoms. The maximum Gasteiger partial charge on any atom is 0.0616 e. The summed E-state index contributed by atoms with van der Waals surface area (Å²) in [5, 5.41) is 3.48. The van der Waals surface area contributed by atoms with Crippen LogP contribution in [-0.2, 0) is 11.2 Å². The highest BCUT2D eigenvalue weighted by atomic mass is 79.9. The van der Waals surface area contributed by atoms with E-state index in [4.69, 9.17) is 4.74 Å².